The van der Waals surface area contributed by atoms with Crippen molar-refractivity contribution in [3.63, 3.8) is 0 Å². The third-order valence-corrected chi connectivity index (χ3v) is 3.18. The Balaban J connectivity index is 2.34. The lowest BCUT2D eigenvalue weighted by atomic mass is 10.2. The fraction of sp³-hybridized carbons (Fsp3) is 0.556. The highest BCUT2D eigenvalue weighted by Crippen LogP contribution is 2.27. The van der Waals surface area contributed by atoms with Gasteiger partial charge in [0, 0.05) is 12.6 Å². The molecule has 1 fully saturated rings. The minimum atomic E-state index is -0.831. The molecule has 2 heterocycles. The van der Waals surface area contributed by atoms with Gasteiger partial charge in [-0.15, -0.1) is 0 Å². The Morgan fingerprint density at radius 1 is 1.59 bits per heavy atom. The molecule has 0 aliphatic carbocycles. The lowest BCUT2D eigenvalue weighted by Crippen LogP contribution is -2.32. The van der Waals surface area contributed by atoms with E-state index in [9.17, 15) is 14.7 Å². The smallest absolute Gasteiger partial charge is 0.330 e. The van der Waals surface area contributed by atoms with Gasteiger partial charge in [-0.25, -0.2) is 4.79 Å². The van der Waals surface area contributed by atoms with E-state index in [-0.39, 0.29) is 17.5 Å². The highest BCUT2D eigenvalue weighted by molar-refractivity contribution is 9.10. The van der Waals surface area contributed by atoms with E-state index >= 15 is 0 Å². The molecule has 0 unspecified atom stereocenters. The second kappa shape index (κ2) is 4.73. The molecular formula is C9H11BrN2O5. The number of hydrogen-bond donors (Lipinski definition) is 3. The summed E-state index contributed by atoms with van der Waals surface area (Å²) < 4.78 is 6.67. The topological polar surface area (TPSA) is 105 Å². The highest BCUT2D eigenvalue weighted by atomic mass is 79.9. The van der Waals surface area contributed by atoms with Crippen molar-refractivity contribution in [2.45, 2.75) is 24.9 Å². The van der Waals surface area contributed by atoms with Crippen molar-refractivity contribution < 1.29 is 14.9 Å². The van der Waals surface area contributed by atoms with Gasteiger partial charge in [0.15, 0.2) is 0 Å². The van der Waals surface area contributed by atoms with Gasteiger partial charge in [-0.2, -0.15) is 0 Å². The Morgan fingerprint density at radius 2 is 2.29 bits per heavy atom. The molecular weight excluding hydrogens is 296 g/mol. The zero-order chi connectivity index (χ0) is 12.6. The van der Waals surface area contributed by atoms with E-state index in [1.165, 1.54) is 10.8 Å². The first-order valence-corrected chi connectivity index (χ1v) is 5.77. The van der Waals surface area contributed by atoms with E-state index in [0.29, 0.717) is 0 Å². The van der Waals surface area contributed by atoms with Gasteiger partial charge < -0.3 is 14.9 Å². The van der Waals surface area contributed by atoms with Crippen LogP contribution in [0, 0.1) is 0 Å². The molecule has 17 heavy (non-hydrogen) atoms. The molecule has 1 aromatic rings. The van der Waals surface area contributed by atoms with E-state index in [2.05, 4.69) is 20.9 Å². The van der Waals surface area contributed by atoms with Gasteiger partial charge in [-0.3, -0.25) is 14.3 Å². The number of ether oxygens (including phenoxy) is 1. The highest BCUT2D eigenvalue weighted by Gasteiger charge is 2.35. The van der Waals surface area contributed by atoms with E-state index < -0.39 is 29.7 Å². The number of aromatic nitrogens is 2. The predicted molar refractivity (Wildman–Crippen MR) is 60.6 cm³/mol. The summed E-state index contributed by atoms with van der Waals surface area (Å²) in [4.78, 5) is 24.8. The van der Waals surface area contributed by atoms with Crippen LogP contribution in [-0.4, -0.2) is 38.6 Å². The van der Waals surface area contributed by atoms with Crippen LogP contribution in [-0.2, 0) is 4.74 Å². The van der Waals surface area contributed by atoms with Crippen LogP contribution in [0.4, 0.5) is 0 Å². The second-order valence-electron chi connectivity index (χ2n) is 3.76. The van der Waals surface area contributed by atoms with Crippen molar-refractivity contribution in [1.29, 1.82) is 0 Å². The maximum Gasteiger partial charge on any atom is 0.330 e. The summed E-state index contributed by atoms with van der Waals surface area (Å²) >= 11 is 3.00. The first-order valence-electron chi connectivity index (χ1n) is 4.98. The monoisotopic (exact) mass is 306 g/mol. The van der Waals surface area contributed by atoms with Crippen LogP contribution in [0.2, 0.25) is 0 Å². The molecule has 1 aliphatic heterocycles. The first-order chi connectivity index (χ1) is 8.02. The van der Waals surface area contributed by atoms with Crippen molar-refractivity contribution in [3.8, 4) is 0 Å². The van der Waals surface area contributed by atoms with Gasteiger partial charge in [0.1, 0.15) is 12.3 Å². The standard InChI is InChI=1S/C9H11BrN2O5/c10-4-2-12(9(16)11-8(4)15)7-1-5(14)6(3-13)17-7/h2,5-7,13-14H,1,3H2,(H,11,15,16)/t5-,6-,7+/m0/s1. The van der Waals surface area contributed by atoms with Crippen LogP contribution in [0.5, 0.6) is 0 Å². The molecule has 0 aromatic carbocycles. The molecule has 3 N–H and O–H groups in total. The van der Waals surface area contributed by atoms with E-state index in [0.717, 1.165) is 0 Å². The van der Waals surface area contributed by atoms with Gasteiger partial charge in [-0.05, 0) is 15.9 Å². The maximum absolute atomic E-state index is 11.5. The lowest BCUT2D eigenvalue weighted by Gasteiger charge is -2.14. The Hall–Kier alpha value is -0.960. The largest absolute Gasteiger partial charge is 0.394 e. The number of H-pyrrole nitrogens is 1. The number of nitrogens with zero attached hydrogens (tertiary/aromatic N) is 1. The van der Waals surface area contributed by atoms with Gasteiger partial charge in [0.2, 0.25) is 0 Å². The van der Waals surface area contributed by atoms with Gasteiger partial charge in [-0.1, -0.05) is 0 Å². The molecule has 0 amide bonds. The Morgan fingerprint density at radius 3 is 2.88 bits per heavy atom. The number of aliphatic hydroxyl groups excluding tert-OH is 2. The zero-order valence-corrected chi connectivity index (χ0v) is 10.3. The molecule has 94 valence electrons. The van der Waals surface area contributed by atoms with Gasteiger partial charge >= 0.3 is 5.69 Å². The minimum absolute atomic E-state index is 0.184. The van der Waals surface area contributed by atoms with Gasteiger partial charge in [0.05, 0.1) is 17.2 Å². The van der Waals surface area contributed by atoms with Crippen LogP contribution in [0.15, 0.2) is 20.3 Å². The Labute approximate surface area is 104 Å². The average molecular weight is 307 g/mol. The third kappa shape index (κ3) is 2.34. The van der Waals surface area contributed by atoms with Crippen LogP contribution < -0.4 is 11.2 Å². The molecule has 1 aliphatic rings. The lowest BCUT2D eigenvalue weighted by molar-refractivity contribution is -0.0459. The molecule has 1 saturated heterocycles. The molecule has 1 aromatic heterocycles. The Bertz CT molecular complexity index is 525. The van der Waals surface area contributed by atoms with Crippen molar-refractivity contribution in [2.75, 3.05) is 6.61 Å². The van der Waals surface area contributed by atoms with Gasteiger partial charge in [0.25, 0.3) is 5.56 Å². The maximum atomic E-state index is 11.5. The normalized spacial score (nSPS) is 28.5. The molecule has 0 spiro atoms. The van der Waals surface area contributed by atoms with Crippen molar-refractivity contribution >= 4 is 15.9 Å². The van der Waals surface area contributed by atoms with E-state index in [1.807, 2.05) is 0 Å². The zero-order valence-electron chi connectivity index (χ0n) is 8.67. The van der Waals surface area contributed by atoms with Crippen LogP contribution in [0.1, 0.15) is 12.6 Å². The summed E-state index contributed by atoms with van der Waals surface area (Å²) in [5.41, 5.74) is -1.14. The third-order valence-electron chi connectivity index (χ3n) is 2.62. The minimum Gasteiger partial charge on any atom is -0.394 e. The van der Waals surface area contributed by atoms with Crippen LogP contribution >= 0.6 is 15.9 Å². The number of aliphatic hydroxyl groups is 2. The summed E-state index contributed by atoms with van der Waals surface area (Å²) in [6.07, 6.45) is -0.745. The van der Waals surface area contributed by atoms with Crippen LogP contribution in [0.3, 0.4) is 0 Å². The molecule has 0 saturated carbocycles. The fourth-order valence-electron chi connectivity index (χ4n) is 1.72. The molecule has 0 radical (unpaired) electrons. The number of aromatic amines is 1. The van der Waals surface area contributed by atoms with Crippen LogP contribution in [0.25, 0.3) is 0 Å². The Kier molecular flexibility index (Phi) is 3.48. The summed E-state index contributed by atoms with van der Waals surface area (Å²) in [5, 5.41) is 18.5. The van der Waals surface area contributed by atoms with Crippen molar-refractivity contribution in [1.82, 2.24) is 9.55 Å². The van der Waals surface area contributed by atoms with E-state index in [4.69, 9.17) is 9.84 Å². The number of nitrogens with one attached hydrogen (secondary N) is 1. The number of rotatable bonds is 2. The molecule has 7 nitrogen and oxygen atoms in total. The summed E-state index contributed by atoms with van der Waals surface area (Å²) in [7, 11) is 0. The molecule has 0 bridgehead atoms. The molecule has 3 atom stereocenters. The van der Waals surface area contributed by atoms with Crippen molar-refractivity contribution in [2.24, 2.45) is 0 Å². The SMILES string of the molecule is O=c1[nH]c(=O)n([C@H]2C[C@H](O)[C@H](CO)O2)cc1Br. The fourth-order valence-corrected chi connectivity index (χ4v) is 2.04. The average Bonchev–Trinajstić information content (AvgIpc) is 2.65. The first kappa shape index (κ1) is 12.5. The number of halogens is 1. The predicted octanol–water partition coefficient (Wildman–Crippen LogP) is -1.06. The molecule has 8 heteroatoms. The van der Waals surface area contributed by atoms with Crippen molar-refractivity contribution in [3.05, 3.63) is 31.5 Å². The summed E-state index contributed by atoms with van der Waals surface area (Å²) in [5.74, 6) is 0. The summed E-state index contributed by atoms with van der Waals surface area (Å²) in [6, 6.07) is 0. The summed E-state index contributed by atoms with van der Waals surface area (Å²) in [6.45, 7) is -0.322. The second-order valence-corrected chi connectivity index (χ2v) is 4.61. The number of hydrogen-bond acceptors (Lipinski definition) is 5. The van der Waals surface area contributed by atoms with E-state index in [1.54, 1.807) is 0 Å². The molecule has 2 rings (SSSR count). The quantitative estimate of drug-likeness (QED) is 0.646.